The van der Waals surface area contributed by atoms with Crippen LogP contribution in [0.4, 0.5) is 0 Å². The Morgan fingerprint density at radius 3 is 2.46 bits per heavy atom. The second kappa shape index (κ2) is 8.54. The first-order chi connectivity index (χ1) is 17.4. The molecule has 192 valence electrons. The molecule has 0 aliphatic heterocycles. The van der Waals surface area contributed by atoms with Crippen molar-refractivity contribution in [2.24, 2.45) is 29.4 Å². The number of ketones is 4. The molecular weight excluding hydrogens is 502 g/mol. The first-order valence-electron chi connectivity index (χ1n) is 11.7. The van der Waals surface area contributed by atoms with Crippen molar-refractivity contribution in [2.45, 2.75) is 24.5 Å². The van der Waals surface area contributed by atoms with Crippen molar-refractivity contribution >= 4 is 40.6 Å². The summed E-state index contributed by atoms with van der Waals surface area (Å²) >= 11 is 6.31. The molecule has 6 atom stereocenters. The molecule has 37 heavy (non-hydrogen) atoms. The zero-order chi connectivity index (χ0) is 27.0. The van der Waals surface area contributed by atoms with Crippen molar-refractivity contribution in [1.29, 1.82) is 0 Å². The number of halogens is 1. The summed E-state index contributed by atoms with van der Waals surface area (Å²) in [5.74, 6) is -10.9. The molecule has 3 aliphatic rings. The Morgan fingerprint density at radius 1 is 1.14 bits per heavy atom. The second-order valence-electron chi connectivity index (χ2n) is 10.1. The lowest BCUT2D eigenvalue weighted by Crippen LogP contribution is -2.74. The van der Waals surface area contributed by atoms with E-state index >= 15 is 0 Å². The van der Waals surface area contributed by atoms with Crippen LogP contribution >= 0.6 is 11.6 Å². The minimum atomic E-state index is -2.75. The van der Waals surface area contributed by atoms with Crippen molar-refractivity contribution in [1.82, 2.24) is 9.88 Å². The van der Waals surface area contributed by atoms with Gasteiger partial charge in [-0.05, 0) is 62.2 Å². The fraction of sp³-hybridized carbons (Fsp3) is 0.385. The number of carbonyl (C=O) groups is 5. The Hall–Kier alpha value is -3.47. The Labute approximate surface area is 216 Å². The fourth-order valence-corrected chi connectivity index (χ4v) is 6.67. The first kappa shape index (κ1) is 25.2. The zero-order valence-corrected chi connectivity index (χ0v) is 20.7. The second-order valence-corrected chi connectivity index (χ2v) is 10.5. The number of amides is 1. The van der Waals surface area contributed by atoms with E-state index in [0.29, 0.717) is 16.7 Å². The maximum atomic E-state index is 13.8. The third kappa shape index (κ3) is 3.39. The van der Waals surface area contributed by atoms with Gasteiger partial charge in [-0.3, -0.25) is 28.9 Å². The van der Waals surface area contributed by atoms with Crippen LogP contribution in [-0.2, 0) is 25.6 Å². The van der Waals surface area contributed by atoms with Gasteiger partial charge in [0.05, 0.1) is 17.5 Å². The number of phenols is 1. The van der Waals surface area contributed by atoms with Gasteiger partial charge in [-0.2, -0.15) is 0 Å². The maximum Gasteiger partial charge on any atom is 0.235 e. The summed E-state index contributed by atoms with van der Waals surface area (Å²) in [7, 11) is 3.07. The molecule has 0 bridgehead atoms. The van der Waals surface area contributed by atoms with Crippen LogP contribution in [-0.4, -0.2) is 74.9 Å². The monoisotopic (exact) mass is 525 g/mol. The molecule has 3 unspecified atom stereocenters. The number of likely N-dealkylation sites (N-methyl/N-ethyl adjacent to an activating group) is 1. The molecule has 1 amide bonds. The lowest BCUT2D eigenvalue weighted by atomic mass is 9.52. The number of nitrogens with two attached hydrogens (primary N) is 1. The predicted octanol–water partition coefficient (Wildman–Crippen LogP) is 0.582. The van der Waals surface area contributed by atoms with Crippen LogP contribution in [0.1, 0.15) is 22.3 Å². The van der Waals surface area contributed by atoms with E-state index in [1.807, 2.05) is 0 Å². The lowest BCUT2D eigenvalue weighted by molar-refractivity contribution is -0.181. The van der Waals surface area contributed by atoms with Crippen LogP contribution in [0.25, 0.3) is 11.1 Å². The van der Waals surface area contributed by atoms with E-state index in [9.17, 15) is 34.2 Å². The van der Waals surface area contributed by atoms with Gasteiger partial charge in [-0.25, -0.2) is 4.98 Å². The first-order valence-corrected chi connectivity index (χ1v) is 12.1. The van der Waals surface area contributed by atoms with Crippen LogP contribution in [0.15, 0.2) is 30.5 Å². The summed E-state index contributed by atoms with van der Waals surface area (Å²) in [5, 5.41) is 22.4. The van der Waals surface area contributed by atoms with Gasteiger partial charge in [0.1, 0.15) is 10.9 Å². The van der Waals surface area contributed by atoms with Crippen LogP contribution in [0.3, 0.4) is 0 Å². The molecule has 1 heterocycles. The number of aromatic hydroxyl groups is 1. The number of rotatable bonds is 3. The van der Waals surface area contributed by atoms with Crippen molar-refractivity contribution in [3.63, 3.8) is 0 Å². The van der Waals surface area contributed by atoms with E-state index in [1.165, 1.54) is 31.3 Å². The molecule has 3 aliphatic carbocycles. The molecule has 5 rings (SSSR count). The summed E-state index contributed by atoms with van der Waals surface area (Å²) in [4.78, 5) is 71.6. The predicted molar refractivity (Wildman–Crippen MR) is 130 cm³/mol. The molecule has 0 saturated heterocycles. The molecule has 0 spiro atoms. The summed E-state index contributed by atoms with van der Waals surface area (Å²) in [6.07, 6.45) is 1.62. The van der Waals surface area contributed by atoms with Gasteiger partial charge in [0.15, 0.2) is 34.7 Å². The molecule has 2 aromatic rings. The molecular formula is C26H24ClN3O7. The molecule has 2 saturated carbocycles. The standard InChI is InChI=1S/C26H24ClN3O7/c1-30(2)19-14-9-10-8-13-11(12-4-3-7-29-24(12)27)5-6-15(31)17(13)20(32)16(10)22(34)26(14,37)23(35)18(21(19)33)25(28)36/h3-7,10,14,16,18-19,31,37H,8-9H2,1-2H3,(H2,28,36)/t10-,14-,16?,18?,19?,26+/m0/s1. The Bertz CT molecular complexity index is 1410. The van der Waals surface area contributed by atoms with Gasteiger partial charge < -0.3 is 15.9 Å². The average molecular weight is 526 g/mol. The summed E-state index contributed by atoms with van der Waals surface area (Å²) in [5.41, 5.74) is 4.03. The molecule has 0 radical (unpaired) electrons. The number of hydrogen-bond donors (Lipinski definition) is 3. The Morgan fingerprint density at radius 2 is 1.84 bits per heavy atom. The zero-order valence-electron chi connectivity index (χ0n) is 20.0. The molecule has 4 N–H and O–H groups in total. The van der Waals surface area contributed by atoms with Gasteiger partial charge >= 0.3 is 0 Å². The average Bonchev–Trinajstić information content (AvgIpc) is 2.82. The maximum absolute atomic E-state index is 13.8. The smallest absolute Gasteiger partial charge is 0.235 e. The number of fused-ring (bicyclic) bond motifs is 3. The van der Waals surface area contributed by atoms with Gasteiger partial charge in [0.2, 0.25) is 5.91 Å². The molecule has 10 nitrogen and oxygen atoms in total. The molecule has 1 aromatic heterocycles. The number of Topliss-reactive ketones (excluding diaryl/α,β-unsaturated/α-hetero) is 4. The van der Waals surface area contributed by atoms with Gasteiger partial charge in [0.25, 0.3) is 0 Å². The topological polar surface area (TPSA) is 168 Å². The highest BCUT2D eigenvalue weighted by Crippen LogP contribution is 2.52. The molecule has 1 aromatic carbocycles. The minimum Gasteiger partial charge on any atom is -0.507 e. The Balaban J connectivity index is 1.67. The van der Waals surface area contributed by atoms with Crippen LogP contribution in [0.5, 0.6) is 5.75 Å². The molecule has 11 heteroatoms. The van der Waals surface area contributed by atoms with E-state index < -0.39 is 64.4 Å². The van der Waals surface area contributed by atoms with Crippen LogP contribution in [0.2, 0.25) is 5.15 Å². The normalized spacial score (nSPS) is 31.1. The molecule has 2 fully saturated rings. The van der Waals surface area contributed by atoms with E-state index in [0.717, 1.165) is 0 Å². The minimum absolute atomic E-state index is 0.0280. The summed E-state index contributed by atoms with van der Waals surface area (Å²) in [6.45, 7) is 0. The SMILES string of the molecule is CN(C)C1C(=O)C(C(N)=O)C(=O)[C@]2(O)C(=O)C3C(=O)c4c(O)ccc(-c5cccnc5Cl)c4C[C@H]3C[C@@H]12. The fourth-order valence-electron chi connectivity index (χ4n) is 6.44. The summed E-state index contributed by atoms with van der Waals surface area (Å²) in [6, 6.07) is 5.16. The highest BCUT2D eigenvalue weighted by atomic mass is 35.5. The highest BCUT2D eigenvalue weighted by molar-refractivity contribution is 6.33. The summed E-state index contributed by atoms with van der Waals surface area (Å²) < 4.78 is 0. The third-order valence-electron chi connectivity index (χ3n) is 7.99. The highest BCUT2D eigenvalue weighted by Gasteiger charge is 2.69. The largest absolute Gasteiger partial charge is 0.507 e. The number of carbonyl (C=O) groups excluding carboxylic acids is 5. The Kier molecular flexibility index (Phi) is 5.82. The van der Waals surface area contributed by atoms with E-state index in [1.54, 1.807) is 18.2 Å². The quantitative estimate of drug-likeness (QED) is 0.383. The van der Waals surface area contributed by atoms with Crippen LogP contribution < -0.4 is 5.73 Å². The number of nitrogens with zero attached hydrogens (tertiary/aromatic N) is 2. The third-order valence-corrected chi connectivity index (χ3v) is 8.30. The number of primary amides is 1. The number of phenolic OH excluding ortho intramolecular Hbond substituents is 1. The van der Waals surface area contributed by atoms with Crippen molar-refractivity contribution in [3.05, 3.63) is 46.7 Å². The number of benzene rings is 1. The lowest BCUT2D eigenvalue weighted by Gasteiger charge is -2.52. The number of aromatic nitrogens is 1. The van der Waals surface area contributed by atoms with Gasteiger partial charge in [0, 0.05) is 17.7 Å². The van der Waals surface area contributed by atoms with E-state index in [2.05, 4.69) is 4.98 Å². The van der Waals surface area contributed by atoms with Crippen molar-refractivity contribution in [3.8, 4) is 16.9 Å². The number of pyridine rings is 1. The van der Waals surface area contributed by atoms with Gasteiger partial charge in [-0.15, -0.1) is 0 Å². The number of hydrogen-bond acceptors (Lipinski definition) is 9. The van der Waals surface area contributed by atoms with Crippen molar-refractivity contribution < 1.29 is 34.2 Å². The number of aliphatic hydroxyl groups is 1. The van der Waals surface area contributed by atoms with E-state index in [4.69, 9.17) is 17.3 Å². The van der Waals surface area contributed by atoms with Crippen molar-refractivity contribution in [2.75, 3.05) is 14.1 Å². The van der Waals surface area contributed by atoms with E-state index in [-0.39, 0.29) is 29.3 Å². The van der Waals surface area contributed by atoms with Crippen LogP contribution in [0, 0.1) is 23.7 Å². The van der Waals surface area contributed by atoms with Gasteiger partial charge in [-0.1, -0.05) is 17.7 Å².